The minimum absolute atomic E-state index is 0.00598. The highest BCUT2D eigenvalue weighted by Crippen LogP contribution is 2.16. The van der Waals surface area contributed by atoms with E-state index in [4.69, 9.17) is 0 Å². The van der Waals surface area contributed by atoms with Crippen LogP contribution in [0, 0.1) is 13.8 Å². The lowest BCUT2D eigenvalue weighted by atomic mass is 10.0. The third kappa shape index (κ3) is 5.53. The van der Waals surface area contributed by atoms with Crippen LogP contribution in [-0.2, 0) is 4.79 Å². The number of nitrogens with one attached hydrogen (secondary N) is 1. The highest BCUT2D eigenvalue weighted by Gasteiger charge is 2.24. The van der Waals surface area contributed by atoms with Crippen LogP contribution in [-0.4, -0.2) is 41.6 Å². The molecule has 0 unspecified atom stereocenters. The van der Waals surface area contributed by atoms with Crippen LogP contribution < -0.4 is 5.32 Å². The van der Waals surface area contributed by atoms with Crippen molar-refractivity contribution in [2.75, 3.05) is 13.1 Å². The van der Waals surface area contributed by atoms with Gasteiger partial charge in [0.25, 0.3) is 5.91 Å². The van der Waals surface area contributed by atoms with Gasteiger partial charge in [0.2, 0.25) is 5.91 Å². The summed E-state index contributed by atoms with van der Waals surface area (Å²) in [5.41, 5.74) is 3.56. The first-order chi connectivity index (χ1) is 13.9. The summed E-state index contributed by atoms with van der Waals surface area (Å²) < 4.78 is 0. The predicted octanol–water partition coefficient (Wildman–Crippen LogP) is 3.69. The van der Waals surface area contributed by atoms with Crippen molar-refractivity contribution < 1.29 is 14.4 Å². The molecule has 1 aliphatic heterocycles. The molecule has 29 heavy (non-hydrogen) atoms. The summed E-state index contributed by atoms with van der Waals surface area (Å²) in [6, 6.07) is 14.9. The summed E-state index contributed by atoms with van der Waals surface area (Å²) in [4.78, 5) is 38.9. The van der Waals surface area contributed by atoms with Crippen molar-refractivity contribution in [1.29, 1.82) is 0 Å². The second-order valence-corrected chi connectivity index (χ2v) is 7.72. The van der Waals surface area contributed by atoms with Crippen LogP contribution in [0.3, 0.4) is 0 Å². The van der Waals surface area contributed by atoms with Gasteiger partial charge < -0.3 is 10.2 Å². The lowest BCUT2D eigenvalue weighted by molar-refractivity contribution is -0.132. The van der Waals surface area contributed by atoms with Crippen molar-refractivity contribution in [3.05, 3.63) is 70.8 Å². The number of hydrogen-bond acceptors (Lipinski definition) is 3. The molecule has 0 saturated carbocycles. The largest absolute Gasteiger partial charge is 0.349 e. The van der Waals surface area contributed by atoms with E-state index < -0.39 is 0 Å². The van der Waals surface area contributed by atoms with Crippen LogP contribution in [0.25, 0.3) is 0 Å². The van der Waals surface area contributed by atoms with Crippen molar-refractivity contribution in [3.63, 3.8) is 0 Å². The number of carbonyl (C=O) groups excluding carboxylic acids is 3. The third-order valence-electron chi connectivity index (χ3n) is 5.61. The summed E-state index contributed by atoms with van der Waals surface area (Å²) in [5, 5.41) is 3.05. The SMILES string of the molecule is Cc1ccc(C(=O)CCC(=O)N2CCC(NC(=O)c3ccccc3)CC2)cc1C. The molecule has 152 valence electrons. The maximum Gasteiger partial charge on any atom is 0.251 e. The Balaban J connectivity index is 1.43. The Morgan fingerprint density at radius 2 is 1.59 bits per heavy atom. The molecule has 0 aliphatic carbocycles. The van der Waals surface area contributed by atoms with E-state index >= 15 is 0 Å². The fourth-order valence-electron chi connectivity index (χ4n) is 3.57. The number of nitrogens with zero attached hydrogens (tertiary/aromatic N) is 1. The van der Waals surface area contributed by atoms with Crippen LogP contribution in [0.5, 0.6) is 0 Å². The summed E-state index contributed by atoms with van der Waals surface area (Å²) >= 11 is 0. The van der Waals surface area contributed by atoms with Crippen molar-refractivity contribution in [1.82, 2.24) is 10.2 Å². The van der Waals surface area contributed by atoms with Gasteiger partial charge in [0.1, 0.15) is 0 Å². The molecule has 1 saturated heterocycles. The van der Waals surface area contributed by atoms with Gasteiger partial charge in [-0.05, 0) is 56.0 Å². The Morgan fingerprint density at radius 1 is 0.897 bits per heavy atom. The minimum Gasteiger partial charge on any atom is -0.349 e. The molecule has 1 heterocycles. The first kappa shape index (κ1) is 20.8. The number of hydrogen-bond donors (Lipinski definition) is 1. The second-order valence-electron chi connectivity index (χ2n) is 7.72. The molecule has 0 atom stereocenters. The van der Waals surface area contributed by atoms with E-state index in [2.05, 4.69) is 5.32 Å². The standard InChI is InChI=1S/C24H28N2O3/c1-17-8-9-20(16-18(17)2)22(27)10-11-23(28)26-14-12-21(13-15-26)25-24(29)19-6-4-3-5-7-19/h3-9,16,21H,10-15H2,1-2H3,(H,25,29). The Bertz CT molecular complexity index is 884. The maximum absolute atomic E-state index is 12.5. The third-order valence-corrected chi connectivity index (χ3v) is 5.61. The molecule has 1 aliphatic rings. The number of Topliss-reactive ketones (excluding diaryl/α,β-unsaturated/α-hetero) is 1. The van der Waals surface area contributed by atoms with E-state index in [1.54, 1.807) is 17.0 Å². The van der Waals surface area contributed by atoms with Gasteiger partial charge in [0.15, 0.2) is 5.78 Å². The first-order valence-corrected chi connectivity index (χ1v) is 10.2. The molecule has 0 aromatic heterocycles. The van der Waals surface area contributed by atoms with Gasteiger partial charge in [0.05, 0.1) is 0 Å². The van der Waals surface area contributed by atoms with Crippen molar-refractivity contribution in [2.45, 2.75) is 45.6 Å². The predicted molar refractivity (Wildman–Crippen MR) is 113 cm³/mol. The summed E-state index contributed by atoms with van der Waals surface area (Å²) in [7, 11) is 0. The molecular formula is C24H28N2O3. The summed E-state index contributed by atoms with van der Waals surface area (Å²) in [6.07, 6.45) is 1.92. The van der Waals surface area contributed by atoms with E-state index in [9.17, 15) is 14.4 Å². The molecule has 0 bridgehead atoms. The van der Waals surface area contributed by atoms with E-state index in [-0.39, 0.29) is 36.5 Å². The van der Waals surface area contributed by atoms with Crippen LogP contribution in [0.15, 0.2) is 48.5 Å². The normalized spacial score (nSPS) is 14.5. The molecule has 5 nitrogen and oxygen atoms in total. The maximum atomic E-state index is 12.5. The van der Waals surface area contributed by atoms with Gasteiger partial charge in [-0.25, -0.2) is 0 Å². The molecule has 1 fully saturated rings. The Kier molecular flexibility index (Phi) is 6.81. The van der Waals surface area contributed by atoms with Gasteiger partial charge >= 0.3 is 0 Å². The van der Waals surface area contributed by atoms with Crippen molar-refractivity contribution >= 4 is 17.6 Å². The molecular weight excluding hydrogens is 364 g/mol. The fourth-order valence-corrected chi connectivity index (χ4v) is 3.57. The average Bonchev–Trinajstić information content (AvgIpc) is 2.74. The van der Waals surface area contributed by atoms with E-state index in [1.165, 1.54) is 0 Å². The molecule has 2 aromatic carbocycles. The van der Waals surface area contributed by atoms with Crippen molar-refractivity contribution in [2.24, 2.45) is 0 Å². The Morgan fingerprint density at radius 3 is 2.24 bits per heavy atom. The second kappa shape index (κ2) is 9.50. The highest BCUT2D eigenvalue weighted by atomic mass is 16.2. The monoisotopic (exact) mass is 392 g/mol. The number of amides is 2. The molecule has 5 heteroatoms. The molecule has 2 aromatic rings. The zero-order chi connectivity index (χ0) is 20.8. The van der Waals surface area contributed by atoms with Crippen LogP contribution in [0.2, 0.25) is 0 Å². The number of ketones is 1. The fraction of sp³-hybridized carbons (Fsp3) is 0.375. The van der Waals surface area contributed by atoms with Gasteiger partial charge in [-0.1, -0.05) is 30.3 Å². The Hall–Kier alpha value is -2.95. The quantitative estimate of drug-likeness (QED) is 0.763. The van der Waals surface area contributed by atoms with E-state index in [0.29, 0.717) is 24.2 Å². The minimum atomic E-state index is -0.0747. The zero-order valence-electron chi connectivity index (χ0n) is 17.1. The number of aryl methyl sites for hydroxylation is 2. The number of benzene rings is 2. The van der Waals surface area contributed by atoms with E-state index in [0.717, 1.165) is 24.0 Å². The van der Waals surface area contributed by atoms with Gasteiger partial charge in [-0.2, -0.15) is 0 Å². The Labute approximate surface area is 172 Å². The smallest absolute Gasteiger partial charge is 0.251 e. The van der Waals surface area contributed by atoms with Crippen LogP contribution in [0.1, 0.15) is 57.5 Å². The molecule has 0 spiro atoms. The average molecular weight is 392 g/mol. The number of likely N-dealkylation sites (tertiary alicyclic amines) is 1. The van der Waals surface area contributed by atoms with Crippen LogP contribution in [0.4, 0.5) is 0 Å². The van der Waals surface area contributed by atoms with Gasteiger partial charge in [-0.15, -0.1) is 0 Å². The summed E-state index contributed by atoms with van der Waals surface area (Å²) in [5.74, 6) is -0.0594. The van der Waals surface area contributed by atoms with Gasteiger partial charge in [0, 0.05) is 43.1 Å². The molecule has 2 amide bonds. The lowest BCUT2D eigenvalue weighted by Gasteiger charge is -2.32. The zero-order valence-corrected chi connectivity index (χ0v) is 17.1. The molecule has 1 N–H and O–H groups in total. The number of piperidine rings is 1. The highest BCUT2D eigenvalue weighted by molar-refractivity contribution is 5.98. The van der Waals surface area contributed by atoms with Crippen LogP contribution >= 0.6 is 0 Å². The summed E-state index contributed by atoms with van der Waals surface area (Å²) in [6.45, 7) is 5.21. The van der Waals surface area contributed by atoms with Crippen molar-refractivity contribution in [3.8, 4) is 0 Å². The molecule has 3 rings (SSSR count). The number of carbonyl (C=O) groups is 3. The molecule has 0 radical (unpaired) electrons. The lowest BCUT2D eigenvalue weighted by Crippen LogP contribution is -2.46. The topological polar surface area (TPSA) is 66.5 Å². The van der Waals surface area contributed by atoms with E-state index in [1.807, 2.05) is 50.2 Å². The first-order valence-electron chi connectivity index (χ1n) is 10.2. The van der Waals surface area contributed by atoms with Gasteiger partial charge in [-0.3, -0.25) is 14.4 Å². The number of rotatable bonds is 6.